The van der Waals surface area contributed by atoms with Gasteiger partial charge >= 0.3 is 0 Å². The summed E-state index contributed by atoms with van der Waals surface area (Å²) in [6.07, 6.45) is 6.93. The second kappa shape index (κ2) is 10.7. The lowest BCUT2D eigenvalue weighted by Crippen LogP contribution is -2.36. The quantitative estimate of drug-likeness (QED) is 0.231. The van der Waals surface area contributed by atoms with Gasteiger partial charge in [0.15, 0.2) is 11.7 Å². The summed E-state index contributed by atoms with van der Waals surface area (Å²) in [7, 11) is 0. The van der Waals surface area contributed by atoms with Crippen molar-refractivity contribution in [1.29, 1.82) is 0 Å². The first kappa shape index (κ1) is 25.2. The first-order valence-corrected chi connectivity index (χ1v) is 14.6. The van der Waals surface area contributed by atoms with Crippen molar-refractivity contribution >= 4 is 39.1 Å². The van der Waals surface area contributed by atoms with Crippen LogP contribution in [0, 0.1) is 0 Å². The molecule has 2 aliphatic rings. The van der Waals surface area contributed by atoms with Gasteiger partial charge in [-0.05, 0) is 34.9 Å². The van der Waals surface area contributed by atoms with Crippen molar-refractivity contribution in [3.63, 3.8) is 0 Å². The maximum absolute atomic E-state index is 6.24. The molecule has 8 rings (SSSR count). The van der Waals surface area contributed by atoms with Crippen LogP contribution in [0.1, 0.15) is 46.6 Å². The van der Waals surface area contributed by atoms with E-state index in [1.807, 2.05) is 60.7 Å². The zero-order valence-corrected chi connectivity index (χ0v) is 23.4. The number of rotatable bonds is 5. The van der Waals surface area contributed by atoms with Crippen LogP contribution >= 0.6 is 0 Å². The largest absolute Gasteiger partial charge is 0.436 e. The summed E-state index contributed by atoms with van der Waals surface area (Å²) >= 11 is 0. The Kier molecular flexibility index (Phi) is 6.26. The molecule has 0 fully saturated rings. The number of fused-ring (bicyclic) bond motifs is 2. The predicted octanol–water partition coefficient (Wildman–Crippen LogP) is 8.60. The number of aromatic nitrogens is 1. The Bertz CT molecular complexity index is 2000. The van der Waals surface area contributed by atoms with E-state index < -0.39 is 6.17 Å². The highest BCUT2D eigenvalue weighted by Crippen LogP contribution is 2.42. The Labute approximate surface area is 249 Å². The Morgan fingerprint density at radius 2 is 1.26 bits per heavy atom. The maximum Gasteiger partial charge on any atom is 0.223 e. The molecule has 1 unspecified atom stereocenters. The average molecular weight is 557 g/mol. The smallest absolute Gasteiger partial charge is 0.223 e. The first-order chi connectivity index (χ1) is 21.3. The van der Waals surface area contributed by atoms with Crippen molar-refractivity contribution in [1.82, 2.24) is 10.3 Å². The number of benzene rings is 5. The number of nitrogens with one attached hydrogen (secondary N) is 1. The van der Waals surface area contributed by atoms with Crippen molar-refractivity contribution in [2.75, 3.05) is 0 Å². The van der Waals surface area contributed by atoms with Crippen LogP contribution in [0.4, 0.5) is 0 Å². The van der Waals surface area contributed by atoms with Gasteiger partial charge in [-0.3, -0.25) is 0 Å². The van der Waals surface area contributed by atoms with E-state index in [0.29, 0.717) is 5.89 Å². The zero-order valence-electron chi connectivity index (χ0n) is 23.4. The van der Waals surface area contributed by atoms with Gasteiger partial charge in [0, 0.05) is 28.2 Å². The minimum atomic E-state index is -0.399. The summed E-state index contributed by atoms with van der Waals surface area (Å²) in [6, 6.07) is 41.5. The lowest BCUT2D eigenvalue weighted by molar-refractivity contribution is 0.575. The van der Waals surface area contributed by atoms with Crippen LogP contribution in [0.25, 0.3) is 27.4 Å². The van der Waals surface area contributed by atoms with Crippen LogP contribution in [-0.2, 0) is 0 Å². The van der Waals surface area contributed by atoms with E-state index in [9.17, 15) is 0 Å². The molecule has 0 radical (unpaired) electrons. The molecule has 1 aromatic heterocycles. The molecule has 5 aromatic carbocycles. The minimum Gasteiger partial charge on any atom is -0.436 e. The molecule has 5 nitrogen and oxygen atoms in total. The summed E-state index contributed by atoms with van der Waals surface area (Å²) in [5.74, 6) is 2.41. The van der Waals surface area contributed by atoms with E-state index >= 15 is 0 Å². The molecule has 43 heavy (non-hydrogen) atoms. The molecule has 0 spiro atoms. The van der Waals surface area contributed by atoms with Gasteiger partial charge in [-0.25, -0.2) is 15.0 Å². The van der Waals surface area contributed by atoms with Crippen molar-refractivity contribution in [3.8, 4) is 0 Å². The second-order valence-corrected chi connectivity index (χ2v) is 10.8. The van der Waals surface area contributed by atoms with Gasteiger partial charge in [-0.15, -0.1) is 0 Å². The maximum atomic E-state index is 6.24. The normalized spacial score (nSPS) is 16.9. The highest BCUT2D eigenvalue weighted by molar-refractivity contribution is 6.16. The number of nitrogens with zero attached hydrogens (tertiary/aromatic N) is 3. The van der Waals surface area contributed by atoms with Gasteiger partial charge in [-0.1, -0.05) is 127 Å². The molecule has 0 amide bonds. The molecular formula is C38H28N4O. The number of oxazole rings is 1. The Balaban J connectivity index is 1.25. The summed E-state index contributed by atoms with van der Waals surface area (Å²) < 4.78 is 6.24. The SMILES string of the molecule is C1=CCC(c2cccc3c(C4N=C(c5ccccc5)NC(c5ccccc5)=N4)cccc23)C(c2nc3ccccc3o2)=C1. The number of allylic oxidation sites excluding steroid dienone is 4. The van der Waals surface area contributed by atoms with Crippen molar-refractivity contribution < 1.29 is 4.42 Å². The van der Waals surface area contributed by atoms with Crippen LogP contribution in [0.3, 0.4) is 0 Å². The van der Waals surface area contributed by atoms with Gasteiger partial charge in [0.1, 0.15) is 17.2 Å². The number of aliphatic imine (C=N–C) groups is 2. The summed E-state index contributed by atoms with van der Waals surface area (Å²) in [5, 5.41) is 5.83. The molecule has 0 saturated carbocycles. The molecule has 1 N–H and O–H groups in total. The fraction of sp³-hybridized carbons (Fsp3) is 0.0789. The van der Waals surface area contributed by atoms with Crippen molar-refractivity contribution in [2.24, 2.45) is 9.98 Å². The third-order valence-electron chi connectivity index (χ3n) is 8.18. The Morgan fingerprint density at radius 3 is 1.95 bits per heavy atom. The molecule has 0 bridgehead atoms. The monoisotopic (exact) mass is 556 g/mol. The van der Waals surface area contributed by atoms with Gasteiger partial charge in [-0.2, -0.15) is 0 Å². The Hall–Kier alpha value is -5.55. The molecule has 1 atom stereocenters. The number of para-hydroxylation sites is 2. The first-order valence-electron chi connectivity index (χ1n) is 14.6. The fourth-order valence-corrected chi connectivity index (χ4v) is 6.10. The van der Waals surface area contributed by atoms with E-state index in [1.54, 1.807) is 0 Å². The number of amidine groups is 2. The van der Waals surface area contributed by atoms with E-state index in [0.717, 1.165) is 56.8 Å². The van der Waals surface area contributed by atoms with Crippen LogP contribution < -0.4 is 5.32 Å². The summed E-state index contributed by atoms with van der Waals surface area (Å²) in [6.45, 7) is 0. The number of hydrogen-bond acceptors (Lipinski definition) is 5. The van der Waals surface area contributed by atoms with Crippen LogP contribution in [0.2, 0.25) is 0 Å². The van der Waals surface area contributed by atoms with E-state index in [1.165, 1.54) is 10.9 Å². The van der Waals surface area contributed by atoms with Crippen molar-refractivity contribution in [2.45, 2.75) is 18.5 Å². The zero-order chi connectivity index (χ0) is 28.6. The topological polar surface area (TPSA) is 62.8 Å². The molecule has 206 valence electrons. The second-order valence-electron chi connectivity index (χ2n) is 10.8. The molecule has 5 heteroatoms. The van der Waals surface area contributed by atoms with Crippen LogP contribution in [0.15, 0.2) is 154 Å². The molecule has 0 saturated heterocycles. The van der Waals surface area contributed by atoms with E-state index in [4.69, 9.17) is 19.4 Å². The van der Waals surface area contributed by atoms with Crippen LogP contribution in [-0.4, -0.2) is 16.7 Å². The van der Waals surface area contributed by atoms with Gasteiger partial charge in [0.25, 0.3) is 0 Å². The standard InChI is InChI=1S/C38H28N4O/c1-3-13-25(14-4-1)35-40-36(26-15-5-2-6-16-26)42-37(41-35)31-22-12-20-27-28(19-11-21-29(27)31)30-17-7-8-18-32(30)38-39-33-23-9-10-24-34(33)43-38/h1-16,18-24,30,37H,17H2,(H,40,41,42). The summed E-state index contributed by atoms with van der Waals surface area (Å²) in [5.41, 5.74) is 7.13. The van der Waals surface area contributed by atoms with Gasteiger partial charge < -0.3 is 9.73 Å². The third-order valence-corrected chi connectivity index (χ3v) is 8.18. The van der Waals surface area contributed by atoms with E-state index in [2.05, 4.69) is 84.2 Å². The molecular weight excluding hydrogens is 528 g/mol. The Morgan fingerprint density at radius 1 is 0.628 bits per heavy atom. The fourth-order valence-electron chi connectivity index (χ4n) is 6.10. The predicted molar refractivity (Wildman–Crippen MR) is 174 cm³/mol. The lowest BCUT2D eigenvalue weighted by Gasteiger charge is -2.25. The third kappa shape index (κ3) is 4.65. The van der Waals surface area contributed by atoms with Crippen molar-refractivity contribution in [3.05, 3.63) is 168 Å². The highest BCUT2D eigenvalue weighted by Gasteiger charge is 2.27. The van der Waals surface area contributed by atoms with Gasteiger partial charge in [0.2, 0.25) is 5.89 Å². The van der Waals surface area contributed by atoms with Crippen LogP contribution in [0.5, 0.6) is 0 Å². The average Bonchev–Trinajstić information content (AvgIpc) is 3.53. The molecule has 6 aromatic rings. The lowest BCUT2D eigenvalue weighted by atomic mass is 9.82. The molecule has 1 aliphatic carbocycles. The molecule has 1 aliphatic heterocycles. The van der Waals surface area contributed by atoms with E-state index in [-0.39, 0.29) is 5.92 Å². The highest BCUT2D eigenvalue weighted by atomic mass is 16.3. The number of hydrogen-bond donors (Lipinski definition) is 1. The van der Waals surface area contributed by atoms with Gasteiger partial charge in [0.05, 0.1) is 0 Å². The minimum absolute atomic E-state index is 0.108. The summed E-state index contributed by atoms with van der Waals surface area (Å²) in [4.78, 5) is 15.1. The molecule has 2 heterocycles.